The highest BCUT2D eigenvalue weighted by Gasteiger charge is 2.20. The molecule has 3 aromatic rings. The summed E-state index contributed by atoms with van der Waals surface area (Å²) in [6.45, 7) is 1.66. The van der Waals surface area contributed by atoms with Crippen LogP contribution in [0.15, 0.2) is 35.1 Å². The van der Waals surface area contributed by atoms with Gasteiger partial charge in [-0.1, -0.05) is 6.42 Å². The number of aryl methyl sites for hydroxylation is 2. The molecule has 11 nitrogen and oxygen atoms in total. The van der Waals surface area contributed by atoms with Crippen molar-refractivity contribution in [3.63, 3.8) is 0 Å². The molecular weight excluding hydrogens is 456 g/mol. The highest BCUT2D eigenvalue weighted by atomic mass is 16.6. The van der Waals surface area contributed by atoms with E-state index in [1.54, 1.807) is 17.6 Å². The summed E-state index contributed by atoms with van der Waals surface area (Å²) in [5.74, 6) is -0.666. The summed E-state index contributed by atoms with van der Waals surface area (Å²) in [5, 5.41) is 14.1. The maximum Gasteiger partial charge on any atom is 0.338 e. The van der Waals surface area contributed by atoms with Crippen LogP contribution in [-0.4, -0.2) is 40.1 Å². The van der Waals surface area contributed by atoms with Crippen molar-refractivity contribution in [1.82, 2.24) is 9.55 Å². The van der Waals surface area contributed by atoms with Crippen LogP contribution in [0, 0.1) is 17.0 Å². The number of ether oxygens (including phenoxy) is 2. The number of hydrogen-bond acceptors (Lipinski definition) is 8. The van der Waals surface area contributed by atoms with Crippen LogP contribution in [0.25, 0.3) is 10.9 Å². The average Bonchev–Trinajstić information content (AvgIpc) is 3.09. The Balaban J connectivity index is 1.46. The highest BCUT2D eigenvalue weighted by Crippen LogP contribution is 2.32. The summed E-state index contributed by atoms with van der Waals surface area (Å²) in [4.78, 5) is 52.9. The molecule has 11 heteroatoms. The molecule has 0 spiro atoms. The number of anilines is 1. The Kier molecular flexibility index (Phi) is 6.76. The van der Waals surface area contributed by atoms with E-state index in [0.29, 0.717) is 40.9 Å². The smallest absolute Gasteiger partial charge is 0.338 e. The zero-order chi connectivity index (χ0) is 25.1. The molecule has 0 fully saturated rings. The number of nitrogens with one attached hydrogen (secondary N) is 1. The third kappa shape index (κ3) is 4.98. The number of carbonyl (C=O) groups is 2. The monoisotopic (exact) mass is 480 g/mol. The van der Waals surface area contributed by atoms with E-state index in [-0.39, 0.29) is 22.6 Å². The number of nitrogens with zero attached hydrogens (tertiary/aromatic N) is 3. The van der Waals surface area contributed by atoms with E-state index in [1.165, 1.54) is 31.4 Å². The molecule has 1 aliphatic rings. The van der Waals surface area contributed by atoms with E-state index < -0.39 is 23.4 Å². The van der Waals surface area contributed by atoms with Crippen molar-refractivity contribution in [1.29, 1.82) is 0 Å². The maximum absolute atomic E-state index is 12.8. The van der Waals surface area contributed by atoms with Crippen molar-refractivity contribution in [2.75, 3.05) is 19.0 Å². The van der Waals surface area contributed by atoms with Crippen LogP contribution in [0.5, 0.6) is 5.75 Å². The first-order valence-electron chi connectivity index (χ1n) is 11.1. The van der Waals surface area contributed by atoms with Gasteiger partial charge in [0.2, 0.25) is 0 Å². The molecule has 2 heterocycles. The molecule has 1 aromatic heterocycles. The molecule has 0 saturated heterocycles. The number of aromatic nitrogens is 2. The Hall–Kier alpha value is -4.28. The molecule has 4 rings (SSSR count). The minimum absolute atomic E-state index is 0.00893. The largest absolute Gasteiger partial charge is 0.490 e. The fraction of sp³-hybridized carbons (Fsp3) is 0.333. The van der Waals surface area contributed by atoms with Crippen LogP contribution in [0.1, 0.15) is 41.0 Å². The van der Waals surface area contributed by atoms with Crippen LogP contribution >= 0.6 is 0 Å². The highest BCUT2D eigenvalue weighted by molar-refractivity contribution is 5.97. The molecule has 1 aliphatic heterocycles. The number of hydrogen-bond donors (Lipinski definition) is 1. The lowest BCUT2D eigenvalue weighted by Crippen LogP contribution is -2.25. The average molecular weight is 480 g/mol. The Bertz CT molecular complexity index is 1400. The van der Waals surface area contributed by atoms with Crippen LogP contribution in [0.4, 0.5) is 11.4 Å². The van der Waals surface area contributed by atoms with Gasteiger partial charge in [-0.3, -0.25) is 24.3 Å². The van der Waals surface area contributed by atoms with E-state index in [0.717, 1.165) is 19.3 Å². The molecule has 35 heavy (non-hydrogen) atoms. The van der Waals surface area contributed by atoms with Crippen molar-refractivity contribution in [3.8, 4) is 5.75 Å². The van der Waals surface area contributed by atoms with Gasteiger partial charge in [-0.25, -0.2) is 9.78 Å². The second-order valence-corrected chi connectivity index (χ2v) is 8.25. The summed E-state index contributed by atoms with van der Waals surface area (Å²) >= 11 is 0. The number of benzene rings is 2. The van der Waals surface area contributed by atoms with Crippen LogP contribution in [0.3, 0.4) is 0 Å². The minimum Gasteiger partial charge on any atom is -0.490 e. The van der Waals surface area contributed by atoms with Crippen LogP contribution in [-0.2, 0) is 22.5 Å². The molecule has 1 amide bonds. The molecule has 0 radical (unpaired) electrons. The summed E-state index contributed by atoms with van der Waals surface area (Å²) in [6, 6.07) is 7.14. The number of amides is 1. The number of nitro groups is 1. The Labute approximate surface area is 199 Å². The van der Waals surface area contributed by atoms with E-state index in [9.17, 15) is 24.5 Å². The van der Waals surface area contributed by atoms with Crippen molar-refractivity contribution in [2.24, 2.45) is 0 Å². The quantitative estimate of drug-likeness (QED) is 0.322. The molecule has 2 aromatic carbocycles. The first-order chi connectivity index (χ1) is 16.8. The van der Waals surface area contributed by atoms with Gasteiger partial charge in [0, 0.05) is 30.8 Å². The number of esters is 1. The zero-order valence-corrected chi connectivity index (χ0v) is 19.3. The van der Waals surface area contributed by atoms with E-state index in [4.69, 9.17) is 9.47 Å². The Morgan fingerprint density at radius 2 is 2.00 bits per heavy atom. The van der Waals surface area contributed by atoms with Gasteiger partial charge in [0.05, 0.1) is 28.5 Å². The second-order valence-electron chi connectivity index (χ2n) is 8.25. The fourth-order valence-corrected chi connectivity index (χ4v) is 4.06. The number of carbonyl (C=O) groups excluding carboxylic acids is 2. The first-order valence-corrected chi connectivity index (χ1v) is 11.1. The summed E-state index contributed by atoms with van der Waals surface area (Å²) in [5.41, 5.74) is 0.975. The van der Waals surface area contributed by atoms with Crippen molar-refractivity contribution in [2.45, 2.75) is 39.2 Å². The molecule has 0 aliphatic carbocycles. The van der Waals surface area contributed by atoms with Crippen LogP contribution in [0.2, 0.25) is 0 Å². The van der Waals surface area contributed by atoms with Crippen molar-refractivity contribution >= 4 is 34.2 Å². The lowest BCUT2D eigenvalue weighted by molar-refractivity contribution is -0.385. The third-order valence-corrected chi connectivity index (χ3v) is 5.88. The molecular formula is C24H24N4O7. The molecule has 0 atom stereocenters. The minimum atomic E-state index is -0.739. The second kappa shape index (κ2) is 9.92. The zero-order valence-electron chi connectivity index (χ0n) is 19.3. The predicted molar refractivity (Wildman–Crippen MR) is 127 cm³/mol. The molecule has 0 saturated carbocycles. The fourth-order valence-electron chi connectivity index (χ4n) is 4.06. The van der Waals surface area contributed by atoms with Gasteiger partial charge in [0.25, 0.3) is 11.5 Å². The Morgan fingerprint density at radius 1 is 1.20 bits per heavy atom. The molecule has 182 valence electrons. The van der Waals surface area contributed by atoms with E-state index in [1.807, 2.05) is 0 Å². The van der Waals surface area contributed by atoms with Crippen LogP contribution < -0.4 is 15.6 Å². The van der Waals surface area contributed by atoms with Gasteiger partial charge >= 0.3 is 11.7 Å². The van der Waals surface area contributed by atoms with Gasteiger partial charge in [-0.2, -0.15) is 0 Å². The topological polar surface area (TPSA) is 143 Å². The summed E-state index contributed by atoms with van der Waals surface area (Å²) in [6.07, 6.45) is 3.62. The van der Waals surface area contributed by atoms with Gasteiger partial charge < -0.3 is 14.8 Å². The van der Waals surface area contributed by atoms with Gasteiger partial charge in [0.15, 0.2) is 12.4 Å². The number of rotatable bonds is 6. The summed E-state index contributed by atoms with van der Waals surface area (Å²) < 4.78 is 11.8. The Morgan fingerprint density at radius 3 is 2.74 bits per heavy atom. The number of fused-ring (bicyclic) bond motifs is 2. The number of methoxy groups -OCH3 is 1. The number of nitro benzene ring substituents is 1. The molecule has 0 bridgehead atoms. The predicted octanol–water partition coefficient (Wildman–Crippen LogP) is 3.14. The van der Waals surface area contributed by atoms with E-state index in [2.05, 4.69) is 10.3 Å². The molecule has 0 unspecified atom stereocenters. The van der Waals surface area contributed by atoms with Crippen molar-refractivity contribution < 1.29 is 24.0 Å². The maximum atomic E-state index is 12.8. The van der Waals surface area contributed by atoms with Gasteiger partial charge in [-0.05, 0) is 43.5 Å². The third-order valence-electron chi connectivity index (χ3n) is 5.88. The molecule has 1 N–H and O–H groups in total. The van der Waals surface area contributed by atoms with Gasteiger partial charge in [0.1, 0.15) is 5.82 Å². The van der Waals surface area contributed by atoms with E-state index >= 15 is 0 Å². The normalized spacial score (nSPS) is 13.0. The first kappa shape index (κ1) is 23.9. The lowest BCUT2D eigenvalue weighted by Gasteiger charge is -2.12. The lowest BCUT2D eigenvalue weighted by atomic mass is 10.1. The van der Waals surface area contributed by atoms with Crippen molar-refractivity contribution in [3.05, 3.63) is 67.8 Å². The standard InChI is InChI=1S/C24H24N4O7/c1-14-10-19(28(32)33)20(34-2)12-17(14)26-22(29)13-35-24(31)15-7-8-16-18(11-15)25-21-6-4-3-5-9-27(21)23(16)30/h7-8,10-12H,3-6,9,13H2,1-2H3,(H,26,29). The van der Waals surface area contributed by atoms with Gasteiger partial charge in [-0.15, -0.1) is 0 Å². The SMILES string of the molecule is COc1cc(NC(=O)COC(=O)c2ccc3c(=O)n4c(nc3c2)CCCCC4)c(C)cc1[N+](=O)[O-]. The summed E-state index contributed by atoms with van der Waals surface area (Å²) in [7, 11) is 1.29.